The maximum absolute atomic E-state index is 14.1. The number of carbonyl (C=O) groups is 2. The molecule has 17 aliphatic carbocycles. The molecule has 0 aliphatic heterocycles. The fourth-order valence-corrected chi connectivity index (χ4v) is 9.65. The molecule has 0 radical (unpaired) electrons. The van der Waals surface area contributed by atoms with Crippen molar-refractivity contribution in [3.8, 4) is 57.5 Å². The van der Waals surface area contributed by atoms with E-state index in [2.05, 4.69) is 36.4 Å². The first kappa shape index (κ1) is 54.7. The van der Waals surface area contributed by atoms with Gasteiger partial charge in [-0.1, -0.05) is 0 Å². The number of ether oxygens (including phenoxy) is 10. The van der Waals surface area contributed by atoms with E-state index in [1.807, 2.05) is 93.5 Å². The zero-order chi connectivity index (χ0) is 52.7. The molecule has 12 heteroatoms. The van der Waals surface area contributed by atoms with Crippen molar-refractivity contribution in [1.29, 1.82) is 0 Å². The lowest BCUT2D eigenvalue weighted by atomic mass is 9.88. The van der Waals surface area contributed by atoms with Gasteiger partial charge >= 0.3 is 0 Å². The summed E-state index contributed by atoms with van der Waals surface area (Å²) in [6.07, 6.45) is 5.04. The lowest BCUT2D eigenvalue weighted by molar-refractivity contribution is -0.115. The van der Waals surface area contributed by atoms with Crippen molar-refractivity contribution in [3.63, 3.8) is 0 Å². The second-order valence-corrected chi connectivity index (χ2v) is 17.8. The molecular formula is C62H74O12. The van der Waals surface area contributed by atoms with Crippen molar-refractivity contribution in [2.45, 2.75) is 108 Å². The first-order valence-electron chi connectivity index (χ1n) is 26.6. The highest BCUT2D eigenvalue weighted by atomic mass is 16.5. The van der Waals surface area contributed by atoms with Gasteiger partial charge < -0.3 is 47.4 Å². The van der Waals surface area contributed by atoms with Crippen LogP contribution in [-0.4, -0.2) is 77.6 Å². The summed E-state index contributed by atoms with van der Waals surface area (Å²) in [7, 11) is 0. The average molecular weight is 1010 g/mol. The van der Waals surface area contributed by atoms with Crippen LogP contribution in [0, 0.1) is 0 Å². The van der Waals surface area contributed by atoms with Crippen LogP contribution < -0.4 is 47.4 Å². The molecule has 0 spiro atoms. The Morgan fingerprint density at radius 2 is 0.378 bits per heavy atom. The second kappa shape index (κ2) is 26.2. The van der Waals surface area contributed by atoms with Crippen LogP contribution in [-0.2, 0) is 48.1 Å². The van der Waals surface area contributed by atoms with Gasteiger partial charge in [-0.3, -0.25) is 9.59 Å². The molecule has 0 saturated heterocycles. The van der Waals surface area contributed by atoms with E-state index >= 15 is 0 Å². The summed E-state index contributed by atoms with van der Waals surface area (Å²) in [5, 5.41) is 0. The molecule has 0 aromatic heterocycles. The molecule has 22 rings (SSSR count). The highest BCUT2D eigenvalue weighted by Gasteiger charge is 2.27. The van der Waals surface area contributed by atoms with Gasteiger partial charge in [-0.15, -0.1) is 0 Å². The Morgan fingerprint density at radius 3 is 0.514 bits per heavy atom. The maximum atomic E-state index is 14.1. The first-order chi connectivity index (χ1) is 36.0. The number of allylic oxidation sites excluding steroid dienone is 4. The van der Waals surface area contributed by atoms with Crippen LogP contribution in [0.1, 0.15) is 125 Å². The van der Waals surface area contributed by atoms with E-state index in [0.29, 0.717) is 137 Å². The summed E-state index contributed by atoms with van der Waals surface area (Å²) < 4.78 is 63.9. The van der Waals surface area contributed by atoms with Crippen LogP contribution in [0.5, 0.6) is 57.5 Å². The molecular weight excluding hydrogens is 937 g/mol. The van der Waals surface area contributed by atoms with Crippen molar-refractivity contribution < 1.29 is 57.0 Å². The summed E-state index contributed by atoms with van der Waals surface area (Å²) in [5.74, 6) is 6.33. The first-order valence-corrected chi connectivity index (χ1v) is 26.6. The Kier molecular flexibility index (Phi) is 19.4. The quantitative estimate of drug-likeness (QED) is 0.0689. The number of ketones is 2. The minimum Gasteiger partial charge on any atom is -0.494 e. The molecule has 0 heterocycles. The van der Waals surface area contributed by atoms with Crippen LogP contribution in [0.4, 0.5) is 0 Å². The highest BCUT2D eigenvalue weighted by molar-refractivity contribution is 6.20. The number of benzene rings is 5. The summed E-state index contributed by atoms with van der Waals surface area (Å²) in [6, 6.07) is 20.3. The van der Waals surface area contributed by atoms with E-state index in [9.17, 15) is 9.59 Å². The monoisotopic (exact) mass is 1010 g/mol. The van der Waals surface area contributed by atoms with E-state index in [4.69, 9.17) is 47.4 Å². The van der Waals surface area contributed by atoms with E-state index in [1.165, 1.54) is 12.2 Å². The minimum atomic E-state index is -0.247. The normalized spacial score (nSPS) is 13.4. The minimum absolute atomic E-state index is 0.163. The maximum Gasteiger partial charge on any atom is 0.182 e. The van der Waals surface area contributed by atoms with E-state index < -0.39 is 0 Å². The van der Waals surface area contributed by atoms with Crippen molar-refractivity contribution in [2.24, 2.45) is 0 Å². The lowest BCUT2D eigenvalue weighted by Gasteiger charge is -2.22. The molecule has 12 bridgehead atoms. The Labute approximate surface area is 437 Å². The Balaban J connectivity index is 1.46. The average Bonchev–Trinajstić information content (AvgIpc) is 3.37. The smallest absolute Gasteiger partial charge is 0.182 e. The highest BCUT2D eigenvalue weighted by Crippen LogP contribution is 2.42. The molecule has 0 amide bonds. The summed E-state index contributed by atoms with van der Waals surface area (Å²) >= 11 is 0. The molecule has 74 heavy (non-hydrogen) atoms. The Hall–Kier alpha value is -7.08. The van der Waals surface area contributed by atoms with E-state index in [-0.39, 0.29) is 24.4 Å². The van der Waals surface area contributed by atoms with Crippen LogP contribution in [0.2, 0.25) is 0 Å². The predicted octanol–water partition coefficient (Wildman–Crippen LogP) is 12.1. The van der Waals surface area contributed by atoms with Crippen LogP contribution >= 0.6 is 0 Å². The van der Waals surface area contributed by atoms with Crippen LogP contribution in [0.25, 0.3) is 0 Å². The van der Waals surface area contributed by atoms with E-state index in [1.54, 1.807) is 0 Å². The molecule has 0 saturated carbocycles. The topological polar surface area (TPSA) is 126 Å². The summed E-state index contributed by atoms with van der Waals surface area (Å²) in [5.41, 5.74) is 9.43. The zero-order valence-corrected chi connectivity index (χ0v) is 45.1. The van der Waals surface area contributed by atoms with Gasteiger partial charge in [0.2, 0.25) is 0 Å². The molecule has 0 atom stereocenters. The fourth-order valence-electron chi connectivity index (χ4n) is 9.65. The fraction of sp³-hybridized carbons (Fsp3) is 0.419. The number of rotatable bonds is 20. The number of hydrogen-bond donors (Lipinski definition) is 0. The van der Waals surface area contributed by atoms with Crippen LogP contribution in [0.3, 0.4) is 0 Å². The van der Waals surface area contributed by atoms with Crippen molar-refractivity contribution in [2.75, 3.05) is 66.1 Å². The number of carbonyl (C=O) groups excluding carboxylic acids is 2. The summed E-state index contributed by atoms with van der Waals surface area (Å²) in [6.45, 7) is 23.9. The molecule has 12 nitrogen and oxygen atoms in total. The molecule has 0 unspecified atom stereocenters. The van der Waals surface area contributed by atoms with Gasteiger partial charge in [0.05, 0.1) is 66.1 Å². The van der Waals surface area contributed by atoms with Crippen LogP contribution in [0.15, 0.2) is 84.0 Å². The predicted molar refractivity (Wildman–Crippen MR) is 289 cm³/mol. The summed E-state index contributed by atoms with van der Waals surface area (Å²) in [4.78, 5) is 28.2. The van der Waals surface area contributed by atoms with Gasteiger partial charge in [-0.2, -0.15) is 0 Å². The molecule has 5 aromatic rings. The SMILES string of the molecule is CCOc1cc2c(OCC)cc1CC1=CC(=O)C(=CC1=O)Cc1cc(OCC)c(cc1OCC)Cc1cc(OCC)c(cc1OCC)Cc1cc(OCC)c(cc1OCC)Cc1cc(OCC)c(cc1OCC)C2. The van der Waals surface area contributed by atoms with Crippen molar-refractivity contribution in [3.05, 3.63) is 140 Å². The standard InChI is InChI=1S/C62H74O12/c1-11-65-53-31-43-23-45-33-59(71-17-7)47(35-57(45)69-15-5)25-49-37-62(74-20-10)50(38-61(49)73-19-9)26-48-36-58(70-16-6)46(34-60(48)72-18-8)24-44-32-54(66-12-2)42(30-56(44)68-14-4)22-40-28-51(63)39(27-52(40)64)21-41(53)29-55(43)67-13-3/h27-38H,11-26H2,1-10H3. The largest absolute Gasteiger partial charge is 0.494 e. The number of hydrogen-bond acceptors (Lipinski definition) is 12. The van der Waals surface area contributed by atoms with Gasteiger partial charge in [0, 0.05) is 105 Å². The molecule has 0 N–H and O–H groups in total. The van der Waals surface area contributed by atoms with Crippen molar-refractivity contribution >= 4 is 11.6 Å². The third kappa shape index (κ3) is 13.0. The van der Waals surface area contributed by atoms with Gasteiger partial charge in [0.15, 0.2) is 11.6 Å². The Morgan fingerprint density at radius 1 is 0.243 bits per heavy atom. The third-order valence-corrected chi connectivity index (χ3v) is 12.7. The van der Waals surface area contributed by atoms with Gasteiger partial charge in [-0.05, 0) is 142 Å². The molecule has 17 aliphatic rings. The zero-order valence-electron chi connectivity index (χ0n) is 45.1. The van der Waals surface area contributed by atoms with Crippen molar-refractivity contribution in [1.82, 2.24) is 0 Å². The molecule has 5 aromatic carbocycles. The van der Waals surface area contributed by atoms with Gasteiger partial charge in [0.25, 0.3) is 0 Å². The second-order valence-electron chi connectivity index (χ2n) is 17.8. The lowest BCUT2D eigenvalue weighted by Crippen LogP contribution is -2.17. The Bertz CT molecular complexity index is 2660. The third-order valence-electron chi connectivity index (χ3n) is 12.7. The van der Waals surface area contributed by atoms with Gasteiger partial charge in [-0.25, -0.2) is 0 Å². The van der Waals surface area contributed by atoms with Gasteiger partial charge in [0.1, 0.15) is 57.5 Å². The molecule has 394 valence electrons. The molecule has 0 fully saturated rings. The van der Waals surface area contributed by atoms with E-state index in [0.717, 1.165) is 78.6 Å².